The average molecular weight is 467 g/mol. The van der Waals surface area contributed by atoms with E-state index >= 15 is 0 Å². The topological polar surface area (TPSA) is 160 Å². The van der Waals surface area contributed by atoms with Gasteiger partial charge in [0, 0.05) is 27.7 Å². The third kappa shape index (κ3) is 4.22. The van der Waals surface area contributed by atoms with Gasteiger partial charge in [-0.2, -0.15) is 9.97 Å². The summed E-state index contributed by atoms with van der Waals surface area (Å²) in [6.07, 6.45) is 0.293. The molecule has 32 heavy (non-hydrogen) atoms. The first-order valence-corrected chi connectivity index (χ1v) is 9.94. The van der Waals surface area contributed by atoms with Gasteiger partial charge in [-0.1, -0.05) is 29.3 Å². The lowest BCUT2D eigenvalue weighted by Crippen LogP contribution is -2.07. The second-order valence-electron chi connectivity index (χ2n) is 6.48. The molecule has 0 atom stereocenters. The van der Waals surface area contributed by atoms with Crippen molar-refractivity contribution in [2.45, 2.75) is 6.42 Å². The van der Waals surface area contributed by atoms with Crippen molar-refractivity contribution in [1.29, 1.82) is 0 Å². The molecule has 0 radical (unpaired) electrons. The molecule has 3 N–H and O–H groups in total. The Hall–Kier alpha value is -4.03. The van der Waals surface area contributed by atoms with Gasteiger partial charge in [0.2, 0.25) is 17.6 Å². The van der Waals surface area contributed by atoms with Gasteiger partial charge in [0.1, 0.15) is 5.82 Å². The van der Waals surface area contributed by atoms with Crippen molar-refractivity contribution in [1.82, 2.24) is 56.2 Å². The molecular weight excluding hydrogens is 455 g/mol. The van der Waals surface area contributed by atoms with E-state index in [1.54, 1.807) is 18.2 Å². The highest BCUT2D eigenvalue weighted by atomic mass is 35.5. The van der Waals surface area contributed by atoms with Crippen LogP contribution in [0.3, 0.4) is 0 Å². The fourth-order valence-corrected chi connectivity index (χ4v) is 3.43. The molecule has 3 heterocycles. The first kappa shape index (κ1) is 19.9. The summed E-state index contributed by atoms with van der Waals surface area (Å²) < 4.78 is 0. The van der Waals surface area contributed by atoms with Crippen LogP contribution in [-0.4, -0.2) is 56.2 Å². The number of nitrogens with zero attached hydrogens (tertiary/aromatic N) is 9. The molecule has 14 heteroatoms. The molecule has 0 aliphatic heterocycles. The lowest BCUT2D eigenvalue weighted by atomic mass is 10.1. The van der Waals surface area contributed by atoms with Crippen LogP contribution < -0.4 is 5.32 Å². The third-order valence-electron chi connectivity index (χ3n) is 4.40. The van der Waals surface area contributed by atoms with E-state index in [2.05, 4.69) is 61.5 Å². The largest absolute Gasteiger partial charge is 0.324 e. The van der Waals surface area contributed by atoms with Crippen molar-refractivity contribution in [2.24, 2.45) is 0 Å². The molecule has 0 saturated heterocycles. The number of anilines is 2. The second kappa shape index (κ2) is 8.61. The summed E-state index contributed by atoms with van der Waals surface area (Å²) >= 11 is 12.6. The fourth-order valence-electron chi connectivity index (χ4n) is 2.90. The van der Waals surface area contributed by atoms with Crippen LogP contribution in [0.25, 0.3) is 23.0 Å². The number of hydrogen-bond acceptors (Lipinski definition) is 10. The number of halogens is 2. The Kier molecular flexibility index (Phi) is 5.35. The summed E-state index contributed by atoms with van der Waals surface area (Å²) in [6.45, 7) is 0. The molecule has 5 aromatic rings. The van der Waals surface area contributed by atoms with Gasteiger partial charge in [-0.05, 0) is 62.8 Å². The molecule has 0 fully saturated rings. The quantitative estimate of drug-likeness (QED) is 0.339. The Bertz CT molecular complexity index is 1320. The zero-order valence-corrected chi connectivity index (χ0v) is 17.5. The Balaban J connectivity index is 1.47. The monoisotopic (exact) mass is 466 g/mol. The van der Waals surface area contributed by atoms with E-state index in [0.717, 1.165) is 11.3 Å². The molecule has 12 nitrogen and oxygen atoms in total. The van der Waals surface area contributed by atoms with Gasteiger partial charge in [-0.3, -0.25) is 0 Å². The Morgan fingerprint density at radius 2 is 1.47 bits per heavy atom. The van der Waals surface area contributed by atoms with Gasteiger partial charge >= 0.3 is 0 Å². The van der Waals surface area contributed by atoms with E-state index in [9.17, 15) is 0 Å². The van der Waals surface area contributed by atoms with Crippen molar-refractivity contribution in [3.05, 3.63) is 63.9 Å². The summed E-state index contributed by atoms with van der Waals surface area (Å²) in [5.74, 6) is 1.88. The summed E-state index contributed by atoms with van der Waals surface area (Å²) in [5, 5.41) is 31.7. The molecule has 0 unspecified atom stereocenters. The van der Waals surface area contributed by atoms with Crippen LogP contribution in [0.15, 0.2) is 42.5 Å². The van der Waals surface area contributed by atoms with Crippen molar-refractivity contribution in [3.8, 4) is 23.0 Å². The van der Waals surface area contributed by atoms with Crippen LogP contribution in [-0.2, 0) is 6.42 Å². The van der Waals surface area contributed by atoms with Gasteiger partial charge in [-0.15, -0.1) is 10.2 Å². The minimum atomic E-state index is 0.273. The van der Waals surface area contributed by atoms with Crippen LogP contribution in [0.5, 0.6) is 0 Å². The minimum Gasteiger partial charge on any atom is -0.324 e. The minimum absolute atomic E-state index is 0.273. The standard InChI is InChI=1S/C18H12Cl2N12/c19-12-2-1-3-13(20)11(12)8-14-22-16(17-27-31-32-28-17)24-18(23-14)21-10-6-4-9(5-7-10)15-25-29-30-26-15/h1-7H,8H2,(H,21,22,23,24)(H,25,26,29,30)(H,27,28,31,32). The van der Waals surface area contributed by atoms with Gasteiger partial charge in [0.05, 0.1) is 0 Å². The highest BCUT2D eigenvalue weighted by molar-refractivity contribution is 6.36. The molecule has 2 aromatic carbocycles. The number of aromatic nitrogens is 11. The Morgan fingerprint density at radius 3 is 2.12 bits per heavy atom. The van der Waals surface area contributed by atoms with Crippen LogP contribution in [0, 0.1) is 0 Å². The summed E-state index contributed by atoms with van der Waals surface area (Å²) in [6, 6.07) is 12.7. The third-order valence-corrected chi connectivity index (χ3v) is 5.10. The molecule has 0 saturated carbocycles. The molecule has 0 bridgehead atoms. The Morgan fingerprint density at radius 1 is 0.781 bits per heavy atom. The zero-order chi connectivity index (χ0) is 21.9. The maximum Gasteiger partial charge on any atom is 0.231 e. The van der Waals surface area contributed by atoms with Crippen molar-refractivity contribution < 1.29 is 0 Å². The number of aromatic amines is 2. The van der Waals surface area contributed by atoms with E-state index in [4.69, 9.17) is 23.2 Å². The van der Waals surface area contributed by atoms with E-state index < -0.39 is 0 Å². The van der Waals surface area contributed by atoms with E-state index in [0.29, 0.717) is 45.5 Å². The zero-order valence-electron chi connectivity index (χ0n) is 16.0. The number of tetrazole rings is 2. The maximum atomic E-state index is 6.32. The molecule has 158 valence electrons. The van der Waals surface area contributed by atoms with Crippen LogP contribution >= 0.6 is 23.2 Å². The smallest absolute Gasteiger partial charge is 0.231 e. The van der Waals surface area contributed by atoms with E-state index in [-0.39, 0.29) is 5.82 Å². The molecule has 0 aliphatic rings. The molecular formula is C18H12Cl2N12. The molecule has 3 aromatic heterocycles. The average Bonchev–Trinajstić information content (AvgIpc) is 3.51. The number of nitrogens with one attached hydrogen (secondary N) is 3. The molecule has 0 spiro atoms. The Labute approximate surface area is 189 Å². The van der Waals surface area contributed by atoms with Gasteiger partial charge in [0.15, 0.2) is 5.82 Å². The van der Waals surface area contributed by atoms with Crippen LogP contribution in [0.4, 0.5) is 11.6 Å². The molecule has 0 aliphatic carbocycles. The molecule has 0 amide bonds. The number of hydrogen-bond donors (Lipinski definition) is 3. The fraction of sp³-hybridized carbons (Fsp3) is 0.0556. The van der Waals surface area contributed by atoms with Crippen LogP contribution in [0.2, 0.25) is 10.0 Å². The van der Waals surface area contributed by atoms with Gasteiger partial charge < -0.3 is 5.32 Å². The predicted molar refractivity (Wildman–Crippen MR) is 115 cm³/mol. The van der Waals surface area contributed by atoms with Crippen LogP contribution in [0.1, 0.15) is 11.4 Å². The van der Waals surface area contributed by atoms with Crippen molar-refractivity contribution in [3.63, 3.8) is 0 Å². The number of benzene rings is 2. The highest BCUT2D eigenvalue weighted by Crippen LogP contribution is 2.27. The van der Waals surface area contributed by atoms with E-state index in [1.165, 1.54) is 0 Å². The first-order chi connectivity index (χ1) is 15.7. The lowest BCUT2D eigenvalue weighted by molar-refractivity contribution is 0.881. The SMILES string of the molecule is Clc1cccc(Cl)c1Cc1nc(Nc2ccc(-c3nnn[nH]3)cc2)nc(-c2nnn[nH]2)n1. The lowest BCUT2D eigenvalue weighted by Gasteiger charge is -2.10. The number of H-pyrrole nitrogens is 2. The van der Waals surface area contributed by atoms with Gasteiger partial charge in [-0.25, -0.2) is 15.2 Å². The molecule has 5 rings (SSSR count). The number of rotatable bonds is 6. The maximum absolute atomic E-state index is 6.32. The van der Waals surface area contributed by atoms with Gasteiger partial charge in [0.25, 0.3) is 0 Å². The summed E-state index contributed by atoms with van der Waals surface area (Å²) in [7, 11) is 0. The van der Waals surface area contributed by atoms with E-state index in [1.807, 2.05) is 24.3 Å². The summed E-state index contributed by atoms with van der Waals surface area (Å²) in [5.41, 5.74) is 2.29. The second-order valence-corrected chi connectivity index (χ2v) is 7.29. The predicted octanol–water partition coefficient (Wildman–Crippen LogP) is 2.87. The first-order valence-electron chi connectivity index (χ1n) is 9.19. The normalized spacial score (nSPS) is 10.9. The highest BCUT2D eigenvalue weighted by Gasteiger charge is 2.15. The summed E-state index contributed by atoms with van der Waals surface area (Å²) in [4.78, 5) is 13.4. The van der Waals surface area contributed by atoms with Crippen molar-refractivity contribution in [2.75, 3.05) is 5.32 Å². The van der Waals surface area contributed by atoms with Crippen molar-refractivity contribution >= 4 is 34.8 Å².